The van der Waals surface area contributed by atoms with Crippen LogP contribution in [-0.2, 0) is 6.54 Å². The van der Waals surface area contributed by atoms with Gasteiger partial charge in [-0.05, 0) is 25.6 Å². The number of para-hydroxylation sites is 2. The van der Waals surface area contributed by atoms with Crippen molar-refractivity contribution in [1.29, 1.82) is 5.26 Å². The molecule has 2 rings (SSSR count). The molecule has 1 aromatic carbocycles. The molecule has 1 atom stereocenters. The van der Waals surface area contributed by atoms with Crippen LogP contribution in [0.5, 0.6) is 0 Å². The normalized spacial score (nSPS) is 12.5. The number of imidazole rings is 1. The summed E-state index contributed by atoms with van der Waals surface area (Å²) < 4.78 is 2.09. The van der Waals surface area contributed by atoms with E-state index in [0.29, 0.717) is 6.54 Å². The molecular formula is C13H16N4. The molecule has 0 amide bonds. The van der Waals surface area contributed by atoms with Crippen molar-refractivity contribution in [2.45, 2.75) is 26.4 Å². The molecule has 0 bridgehead atoms. The number of aryl methyl sites for hydroxylation is 1. The summed E-state index contributed by atoms with van der Waals surface area (Å²) in [5, 5.41) is 12.2. The first-order chi connectivity index (χ1) is 8.26. The molecule has 0 aliphatic rings. The first-order valence-electron chi connectivity index (χ1n) is 5.81. The van der Waals surface area contributed by atoms with Crippen LogP contribution in [0.1, 0.15) is 12.7 Å². The number of nitrogens with zero attached hydrogens (tertiary/aromatic N) is 3. The monoisotopic (exact) mass is 228 g/mol. The zero-order valence-electron chi connectivity index (χ0n) is 10.1. The van der Waals surface area contributed by atoms with E-state index < -0.39 is 0 Å². The average molecular weight is 228 g/mol. The van der Waals surface area contributed by atoms with Crippen molar-refractivity contribution in [2.24, 2.45) is 0 Å². The van der Waals surface area contributed by atoms with E-state index in [-0.39, 0.29) is 6.04 Å². The predicted octanol–water partition coefficient (Wildman–Crippen LogP) is 1.85. The highest BCUT2D eigenvalue weighted by molar-refractivity contribution is 5.75. The van der Waals surface area contributed by atoms with E-state index in [1.807, 2.05) is 38.1 Å². The van der Waals surface area contributed by atoms with E-state index >= 15 is 0 Å². The Kier molecular flexibility index (Phi) is 3.40. The number of fused-ring (bicyclic) bond motifs is 1. The van der Waals surface area contributed by atoms with Crippen molar-refractivity contribution < 1.29 is 0 Å². The van der Waals surface area contributed by atoms with Gasteiger partial charge in [0.15, 0.2) is 0 Å². The molecule has 2 aromatic rings. The van der Waals surface area contributed by atoms with Crippen LogP contribution in [0.4, 0.5) is 0 Å². The molecule has 17 heavy (non-hydrogen) atoms. The van der Waals surface area contributed by atoms with Crippen LogP contribution >= 0.6 is 0 Å². The van der Waals surface area contributed by atoms with Gasteiger partial charge in [-0.1, -0.05) is 19.1 Å². The van der Waals surface area contributed by atoms with Gasteiger partial charge in [-0.3, -0.25) is 0 Å². The number of nitriles is 1. The SMILES string of the molecule is CCNC(C#N)Cn1c(C)nc2ccccc21. The summed E-state index contributed by atoms with van der Waals surface area (Å²) in [7, 11) is 0. The van der Waals surface area contributed by atoms with E-state index in [4.69, 9.17) is 5.26 Å². The zero-order valence-corrected chi connectivity index (χ0v) is 10.1. The van der Waals surface area contributed by atoms with Crippen LogP contribution in [0.25, 0.3) is 11.0 Å². The minimum atomic E-state index is -0.170. The molecule has 1 N–H and O–H groups in total. The zero-order chi connectivity index (χ0) is 12.3. The van der Waals surface area contributed by atoms with Crippen molar-refractivity contribution in [3.63, 3.8) is 0 Å². The lowest BCUT2D eigenvalue weighted by Gasteiger charge is -2.12. The largest absolute Gasteiger partial charge is 0.326 e. The Balaban J connectivity index is 2.35. The summed E-state index contributed by atoms with van der Waals surface area (Å²) in [4.78, 5) is 4.49. The molecule has 0 spiro atoms. The Bertz CT molecular complexity index is 550. The maximum atomic E-state index is 9.07. The minimum Gasteiger partial charge on any atom is -0.326 e. The second-order valence-corrected chi connectivity index (χ2v) is 4.00. The topological polar surface area (TPSA) is 53.6 Å². The molecule has 4 nitrogen and oxygen atoms in total. The van der Waals surface area contributed by atoms with Gasteiger partial charge in [0.05, 0.1) is 23.6 Å². The Morgan fingerprint density at radius 2 is 2.24 bits per heavy atom. The third-order valence-electron chi connectivity index (χ3n) is 2.82. The van der Waals surface area contributed by atoms with Crippen LogP contribution in [0, 0.1) is 18.3 Å². The first kappa shape index (κ1) is 11.6. The first-order valence-corrected chi connectivity index (χ1v) is 5.81. The van der Waals surface area contributed by atoms with Crippen molar-refractivity contribution in [3.05, 3.63) is 30.1 Å². The highest BCUT2D eigenvalue weighted by Gasteiger charge is 2.11. The Labute approximate surface area is 101 Å². The molecule has 1 unspecified atom stereocenters. The van der Waals surface area contributed by atoms with Crippen LogP contribution in [-0.4, -0.2) is 22.1 Å². The Morgan fingerprint density at radius 1 is 1.47 bits per heavy atom. The van der Waals surface area contributed by atoms with Crippen LogP contribution in [0.15, 0.2) is 24.3 Å². The van der Waals surface area contributed by atoms with Crippen molar-refractivity contribution >= 4 is 11.0 Å². The molecular weight excluding hydrogens is 212 g/mol. The molecule has 0 saturated carbocycles. The van der Waals surface area contributed by atoms with Crippen LogP contribution < -0.4 is 5.32 Å². The van der Waals surface area contributed by atoms with Gasteiger partial charge in [-0.15, -0.1) is 0 Å². The van der Waals surface area contributed by atoms with Crippen molar-refractivity contribution in [2.75, 3.05) is 6.54 Å². The molecule has 4 heteroatoms. The highest BCUT2D eigenvalue weighted by Crippen LogP contribution is 2.15. The van der Waals surface area contributed by atoms with E-state index in [1.54, 1.807) is 0 Å². The lowest BCUT2D eigenvalue weighted by molar-refractivity contribution is 0.536. The van der Waals surface area contributed by atoms with Crippen molar-refractivity contribution in [3.8, 4) is 6.07 Å². The van der Waals surface area contributed by atoms with Crippen LogP contribution in [0.2, 0.25) is 0 Å². The van der Waals surface area contributed by atoms with Gasteiger partial charge >= 0.3 is 0 Å². The molecule has 0 saturated heterocycles. The number of rotatable bonds is 4. The van der Waals surface area contributed by atoms with Gasteiger partial charge in [0.2, 0.25) is 0 Å². The van der Waals surface area contributed by atoms with E-state index in [2.05, 4.69) is 20.9 Å². The number of hydrogen-bond acceptors (Lipinski definition) is 3. The molecule has 0 aliphatic heterocycles. The maximum absolute atomic E-state index is 9.07. The fourth-order valence-corrected chi connectivity index (χ4v) is 2.01. The highest BCUT2D eigenvalue weighted by atomic mass is 15.1. The maximum Gasteiger partial charge on any atom is 0.113 e. The molecule has 0 aliphatic carbocycles. The van der Waals surface area contributed by atoms with Crippen molar-refractivity contribution in [1.82, 2.24) is 14.9 Å². The molecule has 1 aromatic heterocycles. The fraction of sp³-hybridized carbons (Fsp3) is 0.385. The lowest BCUT2D eigenvalue weighted by Crippen LogP contribution is -2.31. The summed E-state index contributed by atoms with van der Waals surface area (Å²) >= 11 is 0. The smallest absolute Gasteiger partial charge is 0.113 e. The second-order valence-electron chi connectivity index (χ2n) is 4.00. The molecule has 88 valence electrons. The number of likely N-dealkylation sites (N-methyl/N-ethyl adjacent to an activating group) is 1. The van der Waals surface area contributed by atoms with Gasteiger partial charge in [-0.25, -0.2) is 4.98 Å². The minimum absolute atomic E-state index is 0.170. The summed E-state index contributed by atoms with van der Waals surface area (Å²) in [5.74, 6) is 0.948. The second kappa shape index (κ2) is 4.98. The quantitative estimate of drug-likeness (QED) is 0.868. The van der Waals surface area contributed by atoms with Gasteiger partial charge in [0, 0.05) is 0 Å². The third kappa shape index (κ3) is 2.29. The van der Waals surface area contributed by atoms with Gasteiger partial charge < -0.3 is 9.88 Å². The third-order valence-corrected chi connectivity index (χ3v) is 2.82. The summed E-state index contributed by atoms with van der Waals surface area (Å²) in [5.41, 5.74) is 2.07. The standard InChI is InChI=1S/C13H16N4/c1-3-15-11(8-14)9-17-10(2)16-12-6-4-5-7-13(12)17/h4-7,11,15H,3,9H2,1-2H3. The van der Waals surface area contributed by atoms with E-state index in [0.717, 1.165) is 23.4 Å². The van der Waals surface area contributed by atoms with Gasteiger partial charge in [0.1, 0.15) is 11.9 Å². The lowest BCUT2D eigenvalue weighted by atomic mass is 10.3. The van der Waals surface area contributed by atoms with Gasteiger partial charge in [-0.2, -0.15) is 5.26 Å². The molecule has 1 heterocycles. The molecule has 0 radical (unpaired) electrons. The Hall–Kier alpha value is -1.86. The summed E-state index contributed by atoms with van der Waals surface area (Å²) in [6, 6.07) is 10.1. The van der Waals surface area contributed by atoms with E-state index in [1.165, 1.54) is 0 Å². The number of hydrogen-bond donors (Lipinski definition) is 1. The summed E-state index contributed by atoms with van der Waals surface area (Å²) in [6.07, 6.45) is 0. The number of benzene rings is 1. The fourth-order valence-electron chi connectivity index (χ4n) is 2.01. The van der Waals surface area contributed by atoms with Gasteiger partial charge in [0.25, 0.3) is 0 Å². The number of aromatic nitrogens is 2. The van der Waals surface area contributed by atoms with Crippen LogP contribution in [0.3, 0.4) is 0 Å². The summed E-state index contributed by atoms with van der Waals surface area (Å²) in [6.45, 7) is 5.41. The average Bonchev–Trinajstić information content (AvgIpc) is 2.65. The molecule has 0 fully saturated rings. The predicted molar refractivity (Wildman–Crippen MR) is 67.5 cm³/mol. The van der Waals surface area contributed by atoms with E-state index in [9.17, 15) is 0 Å². The Morgan fingerprint density at radius 3 is 2.94 bits per heavy atom. The number of nitrogens with one attached hydrogen (secondary N) is 1.